The monoisotopic (exact) mass is 221 g/mol. The van der Waals surface area contributed by atoms with Gasteiger partial charge in [-0.05, 0) is 19.3 Å². The standard InChI is InChI=1S/C5H10O2.C4H9NO2.CH4/c6-4-2-1-3-5(4)7;6-3-1-5-2-4(3)7;/h4-7H,1-3H2;3-7H,1-2H2;1H4/t4-,5-;3-,4-;/m11./s1. The lowest BCUT2D eigenvalue weighted by molar-refractivity contribution is 0.0438. The number of hydrogen-bond donors (Lipinski definition) is 5. The molecule has 0 aromatic carbocycles. The van der Waals surface area contributed by atoms with Crippen molar-refractivity contribution in [1.82, 2.24) is 5.32 Å². The lowest BCUT2D eigenvalue weighted by Gasteiger charge is -2.03. The maximum Gasteiger partial charge on any atom is 0.0935 e. The zero-order valence-electron chi connectivity index (χ0n) is 8.13. The molecule has 1 aliphatic heterocycles. The Labute approximate surface area is 90.8 Å². The minimum Gasteiger partial charge on any atom is -0.390 e. The first kappa shape index (κ1) is 14.8. The van der Waals surface area contributed by atoms with Gasteiger partial charge in [-0.3, -0.25) is 0 Å². The van der Waals surface area contributed by atoms with Crippen molar-refractivity contribution < 1.29 is 20.4 Å². The molecule has 4 atom stereocenters. The number of hydrogen-bond acceptors (Lipinski definition) is 5. The first-order valence-corrected chi connectivity index (χ1v) is 5.04. The Balaban J connectivity index is 0.000000245. The quantitative estimate of drug-likeness (QED) is 0.356. The first-order chi connectivity index (χ1) is 6.61. The van der Waals surface area contributed by atoms with Gasteiger partial charge in [0.05, 0.1) is 24.4 Å². The summed E-state index contributed by atoms with van der Waals surface area (Å²) in [4.78, 5) is 0. The summed E-state index contributed by atoms with van der Waals surface area (Å²) in [6.07, 6.45) is 0.588. The molecule has 2 fully saturated rings. The molecule has 0 amide bonds. The average Bonchev–Trinajstić information content (AvgIpc) is 2.67. The Kier molecular flexibility index (Phi) is 7.04. The summed E-state index contributed by atoms with van der Waals surface area (Å²) in [6, 6.07) is 0. The van der Waals surface area contributed by atoms with Gasteiger partial charge in [0, 0.05) is 13.1 Å². The number of nitrogens with one attached hydrogen (secondary N) is 1. The van der Waals surface area contributed by atoms with Gasteiger partial charge in [-0.1, -0.05) is 7.43 Å². The zero-order valence-corrected chi connectivity index (χ0v) is 8.13. The molecule has 5 heteroatoms. The Bertz CT molecular complexity index is 134. The van der Waals surface area contributed by atoms with E-state index in [2.05, 4.69) is 5.32 Å². The molecule has 0 radical (unpaired) electrons. The molecule has 5 N–H and O–H groups in total. The topological polar surface area (TPSA) is 93.0 Å². The predicted molar refractivity (Wildman–Crippen MR) is 57.5 cm³/mol. The summed E-state index contributed by atoms with van der Waals surface area (Å²) < 4.78 is 0. The largest absolute Gasteiger partial charge is 0.390 e. The van der Waals surface area contributed by atoms with Crippen LogP contribution in [0.25, 0.3) is 0 Å². The Morgan fingerprint density at radius 1 is 0.733 bits per heavy atom. The molecule has 2 rings (SSSR count). The van der Waals surface area contributed by atoms with Crippen molar-refractivity contribution in [3.05, 3.63) is 0 Å². The van der Waals surface area contributed by atoms with Crippen molar-refractivity contribution in [2.24, 2.45) is 0 Å². The van der Waals surface area contributed by atoms with Crippen LogP contribution in [0.1, 0.15) is 26.7 Å². The molecule has 2 aliphatic rings. The second-order valence-electron chi connectivity index (χ2n) is 3.86. The fourth-order valence-corrected chi connectivity index (χ4v) is 1.57. The highest BCUT2D eigenvalue weighted by Crippen LogP contribution is 2.17. The third kappa shape index (κ3) is 4.90. The van der Waals surface area contributed by atoms with Gasteiger partial charge in [0.25, 0.3) is 0 Å². The molecular weight excluding hydrogens is 198 g/mol. The molecule has 15 heavy (non-hydrogen) atoms. The van der Waals surface area contributed by atoms with Crippen LogP contribution in [0.4, 0.5) is 0 Å². The van der Waals surface area contributed by atoms with Crippen molar-refractivity contribution >= 4 is 0 Å². The number of rotatable bonds is 0. The van der Waals surface area contributed by atoms with Gasteiger partial charge in [0.1, 0.15) is 0 Å². The highest BCUT2D eigenvalue weighted by Gasteiger charge is 2.22. The average molecular weight is 221 g/mol. The summed E-state index contributed by atoms with van der Waals surface area (Å²) >= 11 is 0. The van der Waals surface area contributed by atoms with E-state index in [1.165, 1.54) is 0 Å². The normalized spacial score (nSPS) is 39.2. The molecule has 5 nitrogen and oxygen atoms in total. The van der Waals surface area contributed by atoms with Crippen LogP contribution >= 0.6 is 0 Å². The van der Waals surface area contributed by atoms with Gasteiger partial charge in [-0.15, -0.1) is 0 Å². The van der Waals surface area contributed by atoms with Crippen LogP contribution in [0.15, 0.2) is 0 Å². The van der Waals surface area contributed by atoms with Gasteiger partial charge in [-0.2, -0.15) is 0 Å². The van der Waals surface area contributed by atoms with Crippen molar-refractivity contribution in [1.29, 1.82) is 0 Å². The van der Waals surface area contributed by atoms with Gasteiger partial charge in [0.15, 0.2) is 0 Å². The fourth-order valence-electron chi connectivity index (χ4n) is 1.57. The lowest BCUT2D eigenvalue weighted by Crippen LogP contribution is -2.22. The zero-order chi connectivity index (χ0) is 10.6. The van der Waals surface area contributed by atoms with Gasteiger partial charge in [0.2, 0.25) is 0 Å². The molecule has 0 aromatic heterocycles. The van der Waals surface area contributed by atoms with Crippen molar-refractivity contribution in [2.45, 2.75) is 51.1 Å². The van der Waals surface area contributed by atoms with Crippen molar-refractivity contribution in [2.75, 3.05) is 13.1 Å². The first-order valence-electron chi connectivity index (χ1n) is 5.04. The Morgan fingerprint density at radius 2 is 1.13 bits per heavy atom. The Hall–Kier alpha value is -0.200. The molecule has 0 aromatic rings. The molecule has 1 saturated heterocycles. The summed E-state index contributed by atoms with van der Waals surface area (Å²) in [6.45, 7) is 1.06. The maximum absolute atomic E-state index is 8.75. The van der Waals surface area contributed by atoms with E-state index in [4.69, 9.17) is 20.4 Å². The van der Waals surface area contributed by atoms with Crippen molar-refractivity contribution in [3.63, 3.8) is 0 Å². The summed E-state index contributed by atoms with van der Waals surface area (Å²) in [5.74, 6) is 0. The molecule has 0 spiro atoms. The maximum atomic E-state index is 8.75. The summed E-state index contributed by atoms with van der Waals surface area (Å²) in [5.41, 5.74) is 0. The van der Waals surface area contributed by atoms with Gasteiger partial charge < -0.3 is 25.7 Å². The third-order valence-corrected chi connectivity index (χ3v) is 2.60. The van der Waals surface area contributed by atoms with Crippen molar-refractivity contribution in [3.8, 4) is 0 Å². The SMILES string of the molecule is C.O[C@@H]1CCC[C@H]1O.O[C@@H]1CNC[C@H]1O. The molecule has 1 aliphatic carbocycles. The highest BCUT2D eigenvalue weighted by atomic mass is 16.3. The molecular formula is C10H23NO4. The van der Waals surface area contributed by atoms with E-state index in [0.717, 1.165) is 19.3 Å². The van der Waals surface area contributed by atoms with E-state index in [0.29, 0.717) is 13.1 Å². The summed E-state index contributed by atoms with van der Waals surface area (Å²) in [7, 11) is 0. The molecule has 1 heterocycles. The number of aliphatic hydroxyl groups excluding tert-OH is 4. The van der Waals surface area contributed by atoms with Crippen LogP contribution in [0, 0.1) is 0 Å². The van der Waals surface area contributed by atoms with Crippen LogP contribution in [0.5, 0.6) is 0 Å². The molecule has 92 valence electrons. The van der Waals surface area contributed by atoms with E-state index >= 15 is 0 Å². The minimum atomic E-state index is -0.542. The number of aliphatic hydroxyl groups is 4. The summed E-state index contributed by atoms with van der Waals surface area (Å²) in [5, 5.41) is 37.7. The van der Waals surface area contributed by atoms with Crippen LogP contribution in [0.2, 0.25) is 0 Å². The fraction of sp³-hybridized carbons (Fsp3) is 1.00. The molecule has 0 bridgehead atoms. The van der Waals surface area contributed by atoms with Gasteiger partial charge >= 0.3 is 0 Å². The lowest BCUT2D eigenvalue weighted by atomic mass is 10.3. The van der Waals surface area contributed by atoms with E-state index in [-0.39, 0.29) is 7.43 Å². The van der Waals surface area contributed by atoms with Gasteiger partial charge in [-0.25, -0.2) is 0 Å². The predicted octanol–water partition coefficient (Wildman–Crippen LogP) is -1.16. The van der Waals surface area contributed by atoms with E-state index in [1.54, 1.807) is 0 Å². The minimum absolute atomic E-state index is 0. The second-order valence-corrected chi connectivity index (χ2v) is 3.86. The molecule has 0 unspecified atom stereocenters. The van der Waals surface area contributed by atoms with E-state index in [9.17, 15) is 0 Å². The highest BCUT2D eigenvalue weighted by molar-refractivity contribution is 4.78. The Morgan fingerprint density at radius 3 is 1.27 bits per heavy atom. The van der Waals surface area contributed by atoms with E-state index in [1.807, 2.05) is 0 Å². The third-order valence-electron chi connectivity index (χ3n) is 2.60. The second kappa shape index (κ2) is 7.14. The molecule has 1 saturated carbocycles. The number of β-amino-alcohol motifs (C(OH)–C–C–N with tert-alkyl or cyclic N) is 2. The smallest absolute Gasteiger partial charge is 0.0935 e. The van der Waals surface area contributed by atoms with E-state index < -0.39 is 24.4 Å². The van der Waals surface area contributed by atoms with Crippen LogP contribution in [-0.2, 0) is 0 Å². The van der Waals surface area contributed by atoms with Crippen LogP contribution < -0.4 is 5.32 Å². The van der Waals surface area contributed by atoms with Crippen LogP contribution in [-0.4, -0.2) is 57.9 Å². The van der Waals surface area contributed by atoms with Crippen LogP contribution in [0.3, 0.4) is 0 Å².